The van der Waals surface area contributed by atoms with Crippen LogP contribution in [0, 0.1) is 5.92 Å². The van der Waals surface area contributed by atoms with Gasteiger partial charge in [0.25, 0.3) is 5.91 Å². The average molecular weight is 336 g/mol. The van der Waals surface area contributed by atoms with Gasteiger partial charge < -0.3 is 10.0 Å². The Labute approximate surface area is 146 Å². The van der Waals surface area contributed by atoms with Crippen LogP contribution in [-0.2, 0) is 0 Å². The van der Waals surface area contributed by atoms with Gasteiger partial charge in [0.1, 0.15) is 5.69 Å². The SMILES string of the molecule is O=C(O)c1ccc(C(=O)N2CC(c3ccccc3)C3CCCC32)cn1. The highest BCUT2D eigenvalue weighted by molar-refractivity contribution is 5.95. The molecule has 0 radical (unpaired) electrons. The standard InChI is InChI=1S/C20H20N2O3/c23-19(14-9-10-17(20(24)25)21-11-14)22-12-16(13-5-2-1-3-6-13)15-7-4-8-18(15)22/h1-3,5-6,9-11,15-16,18H,4,7-8,12H2,(H,24,25). The van der Waals surface area contributed by atoms with Gasteiger partial charge in [-0.15, -0.1) is 0 Å². The molecule has 1 saturated carbocycles. The summed E-state index contributed by atoms with van der Waals surface area (Å²) in [5.41, 5.74) is 1.72. The molecule has 25 heavy (non-hydrogen) atoms. The number of carbonyl (C=O) groups is 2. The number of carboxylic acids is 1. The van der Waals surface area contributed by atoms with Gasteiger partial charge in [-0.25, -0.2) is 9.78 Å². The molecule has 1 N–H and O–H groups in total. The molecular formula is C20H20N2O3. The van der Waals surface area contributed by atoms with Crippen molar-refractivity contribution in [2.45, 2.75) is 31.2 Å². The lowest BCUT2D eigenvalue weighted by Gasteiger charge is -2.23. The molecule has 1 amide bonds. The van der Waals surface area contributed by atoms with Crippen LogP contribution in [0.2, 0.25) is 0 Å². The number of carbonyl (C=O) groups excluding carboxylic acids is 1. The minimum Gasteiger partial charge on any atom is -0.477 e. The van der Waals surface area contributed by atoms with Gasteiger partial charge in [-0.1, -0.05) is 36.8 Å². The predicted octanol–water partition coefficient (Wildman–Crippen LogP) is 3.19. The van der Waals surface area contributed by atoms with Crippen LogP contribution in [0.1, 0.15) is 51.6 Å². The third-order valence-corrected chi connectivity index (χ3v) is 5.56. The number of amides is 1. The normalized spacial score (nSPS) is 25.0. The van der Waals surface area contributed by atoms with Gasteiger partial charge in [0.2, 0.25) is 0 Å². The van der Waals surface area contributed by atoms with E-state index in [9.17, 15) is 9.59 Å². The summed E-state index contributed by atoms with van der Waals surface area (Å²) in [7, 11) is 0. The molecule has 2 heterocycles. The van der Waals surface area contributed by atoms with Crippen LogP contribution in [0.25, 0.3) is 0 Å². The van der Waals surface area contributed by atoms with Gasteiger partial charge in [-0.05, 0) is 36.5 Å². The number of aromatic nitrogens is 1. The number of rotatable bonds is 3. The van der Waals surface area contributed by atoms with Crippen LogP contribution in [0.3, 0.4) is 0 Å². The van der Waals surface area contributed by atoms with Gasteiger partial charge in [0, 0.05) is 24.7 Å². The maximum absolute atomic E-state index is 13.0. The number of fused-ring (bicyclic) bond motifs is 1. The van der Waals surface area contributed by atoms with E-state index in [1.165, 1.54) is 17.8 Å². The van der Waals surface area contributed by atoms with E-state index in [-0.39, 0.29) is 17.6 Å². The summed E-state index contributed by atoms with van der Waals surface area (Å²) >= 11 is 0. The van der Waals surface area contributed by atoms with E-state index in [0.717, 1.165) is 25.8 Å². The zero-order valence-corrected chi connectivity index (χ0v) is 13.8. The molecule has 0 spiro atoms. The van der Waals surface area contributed by atoms with Crippen molar-refractivity contribution in [2.24, 2.45) is 5.92 Å². The van der Waals surface area contributed by atoms with E-state index < -0.39 is 5.97 Å². The molecule has 1 aliphatic carbocycles. The van der Waals surface area contributed by atoms with Crippen LogP contribution in [0.4, 0.5) is 0 Å². The summed E-state index contributed by atoms with van der Waals surface area (Å²) in [5.74, 6) is -0.235. The molecule has 2 fully saturated rings. The molecular weight excluding hydrogens is 316 g/mol. The maximum atomic E-state index is 13.0. The number of likely N-dealkylation sites (tertiary alicyclic amines) is 1. The molecule has 128 valence electrons. The van der Waals surface area contributed by atoms with Crippen LogP contribution < -0.4 is 0 Å². The monoisotopic (exact) mass is 336 g/mol. The fraction of sp³-hybridized carbons (Fsp3) is 0.350. The van der Waals surface area contributed by atoms with Gasteiger partial charge in [-0.2, -0.15) is 0 Å². The van der Waals surface area contributed by atoms with E-state index in [0.29, 0.717) is 17.4 Å². The number of aromatic carboxylic acids is 1. The Balaban J connectivity index is 1.59. The summed E-state index contributed by atoms with van der Waals surface area (Å²) in [5, 5.41) is 8.95. The molecule has 2 aliphatic rings. The largest absolute Gasteiger partial charge is 0.477 e. The zero-order chi connectivity index (χ0) is 17.4. The Hall–Kier alpha value is -2.69. The van der Waals surface area contributed by atoms with Crippen molar-refractivity contribution in [3.63, 3.8) is 0 Å². The Morgan fingerprint density at radius 3 is 2.56 bits per heavy atom. The number of pyridine rings is 1. The summed E-state index contributed by atoms with van der Waals surface area (Å²) < 4.78 is 0. The third kappa shape index (κ3) is 2.80. The second-order valence-electron chi connectivity index (χ2n) is 6.87. The molecule has 0 bridgehead atoms. The summed E-state index contributed by atoms with van der Waals surface area (Å²) in [6, 6.07) is 13.7. The summed E-state index contributed by atoms with van der Waals surface area (Å²) in [6.07, 6.45) is 4.73. The first-order valence-corrected chi connectivity index (χ1v) is 8.70. The highest BCUT2D eigenvalue weighted by Crippen LogP contribution is 2.46. The lowest BCUT2D eigenvalue weighted by Crippen LogP contribution is -2.36. The molecule has 5 nitrogen and oxygen atoms in total. The van der Waals surface area contributed by atoms with E-state index in [1.807, 2.05) is 11.0 Å². The Morgan fingerprint density at radius 2 is 1.88 bits per heavy atom. The van der Waals surface area contributed by atoms with Crippen LogP contribution in [0.5, 0.6) is 0 Å². The van der Waals surface area contributed by atoms with Crippen molar-refractivity contribution < 1.29 is 14.7 Å². The van der Waals surface area contributed by atoms with Crippen LogP contribution in [-0.4, -0.2) is 39.5 Å². The first-order chi connectivity index (χ1) is 12.1. The number of hydrogen-bond donors (Lipinski definition) is 1. The fourth-order valence-corrected chi connectivity index (χ4v) is 4.41. The van der Waals surface area contributed by atoms with Gasteiger partial charge >= 0.3 is 5.97 Å². The quantitative estimate of drug-likeness (QED) is 0.934. The molecule has 5 heteroatoms. The maximum Gasteiger partial charge on any atom is 0.354 e. The fourth-order valence-electron chi connectivity index (χ4n) is 4.41. The highest BCUT2D eigenvalue weighted by Gasteiger charge is 2.46. The molecule has 3 unspecified atom stereocenters. The number of benzene rings is 1. The lowest BCUT2D eigenvalue weighted by atomic mass is 9.87. The second-order valence-corrected chi connectivity index (χ2v) is 6.87. The van der Waals surface area contributed by atoms with Crippen molar-refractivity contribution in [1.29, 1.82) is 0 Å². The molecule has 1 aliphatic heterocycles. The van der Waals surface area contributed by atoms with Crippen molar-refractivity contribution in [2.75, 3.05) is 6.54 Å². The van der Waals surface area contributed by atoms with E-state index >= 15 is 0 Å². The molecule has 2 aromatic rings. The molecule has 3 atom stereocenters. The third-order valence-electron chi connectivity index (χ3n) is 5.56. The minimum absolute atomic E-state index is 0.0419. The van der Waals surface area contributed by atoms with Crippen molar-refractivity contribution in [1.82, 2.24) is 9.88 Å². The van der Waals surface area contributed by atoms with Crippen LogP contribution in [0.15, 0.2) is 48.7 Å². The summed E-state index contributed by atoms with van der Waals surface area (Å²) in [4.78, 5) is 29.8. The smallest absolute Gasteiger partial charge is 0.354 e. The summed E-state index contributed by atoms with van der Waals surface area (Å²) in [6.45, 7) is 0.721. The average Bonchev–Trinajstić information content (AvgIpc) is 3.24. The number of carboxylic acid groups (broad SMARTS) is 1. The first kappa shape index (κ1) is 15.8. The Bertz CT molecular complexity index is 788. The lowest BCUT2D eigenvalue weighted by molar-refractivity contribution is 0.0685. The zero-order valence-electron chi connectivity index (χ0n) is 13.8. The van der Waals surface area contributed by atoms with Crippen LogP contribution >= 0.6 is 0 Å². The molecule has 1 aromatic carbocycles. The molecule has 1 saturated heterocycles. The van der Waals surface area contributed by atoms with Crippen molar-refractivity contribution >= 4 is 11.9 Å². The topological polar surface area (TPSA) is 70.5 Å². The molecule has 1 aromatic heterocycles. The number of hydrogen-bond acceptors (Lipinski definition) is 3. The first-order valence-electron chi connectivity index (χ1n) is 8.70. The van der Waals surface area contributed by atoms with Gasteiger partial charge in [0.15, 0.2) is 0 Å². The van der Waals surface area contributed by atoms with E-state index in [2.05, 4.69) is 29.2 Å². The number of nitrogens with zero attached hydrogens (tertiary/aromatic N) is 2. The predicted molar refractivity (Wildman–Crippen MR) is 92.5 cm³/mol. The van der Waals surface area contributed by atoms with Crippen molar-refractivity contribution in [3.05, 3.63) is 65.5 Å². The van der Waals surface area contributed by atoms with Gasteiger partial charge in [0.05, 0.1) is 5.56 Å². The highest BCUT2D eigenvalue weighted by atomic mass is 16.4. The van der Waals surface area contributed by atoms with E-state index in [1.54, 1.807) is 6.07 Å². The Morgan fingerprint density at radius 1 is 1.08 bits per heavy atom. The van der Waals surface area contributed by atoms with Gasteiger partial charge in [-0.3, -0.25) is 4.79 Å². The minimum atomic E-state index is -1.08. The van der Waals surface area contributed by atoms with E-state index in [4.69, 9.17) is 5.11 Å². The molecule has 4 rings (SSSR count). The van der Waals surface area contributed by atoms with Crippen molar-refractivity contribution in [3.8, 4) is 0 Å². The Kier molecular flexibility index (Phi) is 3.99. The second kappa shape index (κ2) is 6.31.